The molecule has 0 heterocycles. The van der Waals surface area contributed by atoms with Crippen LogP contribution in [0, 0.1) is 0 Å². The van der Waals surface area contributed by atoms with E-state index in [1.54, 1.807) is 13.8 Å². The Morgan fingerprint density at radius 1 is 1.16 bits per heavy atom. The summed E-state index contributed by atoms with van der Waals surface area (Å²) in [5, 5.41) is 22.9. The van der Waals surface area contributed by atoms with E-state index in [1.165, 1.54) is 6.92 Å². The predicted molar refractivity (Wildman–Crippen MR) is 92.6 cm³/mol. The molecule has 25 heavy (non-hydrogen) atoms. The van der Waals surface area contributed by atoms with Gasteiger partial charge in [-0.05, 0) is 27.2 Å². The first-order chi connectivity index (χ1) is 11.3. The molecule has 0 aliphatic heterocycles. The fourth-order valence-corrected chi connectivity index (χ4v) is 1.90. The molecule has 0 unspecified atom stereocenters. The third-order valence-corrected chi connectivity index (χ3v) is 3.68. The summed E-state index contributed by atoms with van der Waals surface area (Å²) in [7, 11) is 0. The van der Waals surface area contributed by atoms with Crippen LogP contribution in [0.4, 0.5) is 0 Å². The summed E-state index contributed by atoms with van der Waals surface area (Å²) in [4.78, 5) is 46.4. The van der Waals surface area contributed by atoms with Crippen molar-refractivity contribution in [2.75, 3.05) is 0 Å². The van der Waals surface area contributed by atoms with Gasteiger partial charge in [-0.2, -0.15) is 12.6 Å². The lowest BCUT2D eigenvalue weighted by Gasteiger charge is -2.28. The lowest BCUT2D eigenvalue weighted by molar-refractivity contribution is -0.145. The van der Waals surface area contributed by atoms with Crippen LogP contribution in [0.3, 0.4) is 0 Å². The third-order valence-electron chi connectivity index (χ3n) is 3.40. The number of amides is 3. The molecular formula is C14H26N4O6S. The Balaban J connectivity index is 5.21. The van der Waals surface area contributed by atoms with Crippen molar-refractivity contribution in [3.8, 4) is 0 Å². The molecule has 0 aromatic heterocycles. The number of carboxylic acids is 1. The molecule has 0 saturated carbocycles. The Labute approximate surface area is 151 Å². The Hall–Kier alpha value is -1.85. The standard InChI is InChI=1S/C14H26N4O6S/c1-6(19)9(13(23)24)18-11(21)7(4-5-8(15)20)17-12(22)10(16)14(2,3)25/h6-7,9-10,19,25H,4-5,16H2,1-3H3,(H2,15,20)(H,17,22)(H,18,21)(H,23,24)/t6-,7+,9+,10-/m1/s1. The Morgan fingerprint density at radius 3 is 2.04 bits per heavy atom. The first kappa shape index (κ1) is 23.1. The fourth-order valence-electron chi connectivity index (χ4n) is 1.78. The molecule has 0 aromatic carbocycles. The highest BCUT2D eigenvalue weighted by atomic mass is 32.1. The number of carboxylic acid groups (broad SMARTS) is 1. The van der Waals surface area contributed by atoms with Gasteiger partial charge in [0.15, 0.2) is 6.04 Å². The molecule has 0 aliphatic rings. The molecule has 0 saturated heterocycles. The Morgan fingerprint density at radius 2 is 1.68 bits per heavy atom. The summed E-state index contributed by atoms with van der Waals surface area (Å²) < 4.78 is -0.877. The van der Waals surface area contributed by atoms with Gasteiger partial charge in [0.2, 0.25) is 17.7 Å². The molecule has 0 bridgehead atoms. The molecule has 144 valence electrons. The zero-order chi connectivity index (χ0) is 19.9. The van der Waals surface area contributed by atoms with Crippen LogP contribution in [0.2, 0.25) is 0 Å². The average Bonchev–Trinajstić information content (AvgIpc) is 2.45. The number of primary amides is 1. The summed E-state index contributed by atoms with van der Waals surface area (Å²) in [6, 6.07) is -3.88. The maximum absolute atomic E-state index is 12.3. The number of nitrogens with one attached hydrogen (secondary N) is 2. The van der Waals surface area contributed by atoms with Crippen molar-refractivity contribution in [2.24, 2.45) is 11.5 Å². The molecule has 8 N–H and O–H groups in total. The van der Waals surface area contributed by atoms with E-state index < -0.39 is 52.7 Å². The predicted octanol–water partition coefficient (Wildman–Crippen LogP) is -2.28. The molecule has 0 spiro atoms. The van der Waals surface area contributed by atoms with Crippen molar-refractivity contribution in [3.63, 3.8) is 0 Å². The monoisotopic (exact) mass is 378 g/mol. The van der Waals surface area contributed by atoms with Crippen LogP contribution in [0.1, 0.15) is 33.6 Å². The SMILES string of the molecule is C[C@@H](O)[C@H](NC(=O)[C@H](CCC(N)=O)NC(=O)[C@@H](N)C(C)(C)S)C(=O)O. The van der Waals surface area contributed by atoms with Crippen molar-refractivity contribution < 1.29 is 29.4 Å². The summed E-state index contributed by atoms with van der Waals surface area (Å²) >= 11 is 4.19. The zero-order valence-corrected chi connectivity index (χ0v) is 15.2. The van der Waals surface area contributed by atoms with E-state index in [9.17, 15) is 24.3 Å². The molecule has 3 amide bonds. The maximum Gasteiger partial charge on any atom is 0.328 e. The number of hydrogen-bond acceptors (Lipinski definition) is 7. The Kier molecular flexibility index (Phi) is 8.88. The van der Waals surface area contributed by atoms with Gasteiger partial charge in [0.1, 0.15) is 6.04 Å². The van der Waals surface area contributed by atoms with Gasteiger partial charge in [0.25, 0.3) is 0 Å². The fraction of sp³-hybridized carbons (Fsp3) is 0.714. The molecule has 10 nitrogen and oxygen atoms in total. The zero-order valence-electron chi connectivity index (χ0n) is 14.4. The second-order valence-electron chi connectivity index (χ2n) is 6.26. The van der Waals surface area contributed by atoms with Gasteiger partial charge in [-0.15, -0.1) is 0 Å². The molecule has 4 atom stereocenters. The molecule has 11 heteroatoms. The van der Waals surface area contributed by atoms with Crippen LogP contribution in [-0.2, 0) is 19.2 Å². The Bertz CT molecular complexity index is 520. The number of nitrogens with two attached hydrogens (primary N) is 2. The van der Waals surface area contributed by atoms with E-state index in [0.717, 1.165) is 0 Å². The molecule has 0 radical (unpaired) electrons. The van der Waals surface area contributed by atoms with Gasteiger partial charge in [-0.25, -0.2) is 4.79 Å². The van der Waals surface area contributed by atoms with Crippen molar-refractivity contribution in [3.05, 3.63) is 0 Å². The first-order valence-corrected chi connectivity index (χ1v) is 8.00. The van der Waals surface area contributed by atoms with Crippen molar-refractivity contribution in [1.82, 2.24) is 10.6 Å². The van der Waals surface area contributed by atoms with E-state index in [0.29, 0.717) is 0 Å². The smallest absolute Gasteiger partial charge is 0.328 e. The highest BCUT2D eigenvalue weighted by Gasteiger charge is 2.33. The second kappa shape index (κ2) is 9.59. The third kappa shape index (κ3) is 8.18. The highest BCUT2D eigenvalue weighted by molar-refractivity contribution is 7.81. The largest absolute Gasteiger partial charge is 0.480 e. The average molecular weight is 378 g/mol. The van der Waals surface area contributed by atoms with E-state index in [1.807, 2.05) is 0 Å². The molecular weight excluding hydrogens is 352 g/mol. The number of thiol groups is 1. The van der Waals surface area contributed by atoms with E-state index >= 15 is 0 Å². The molecule has 0 rings (SSSR count). The number of aliphatic hydroxyl groups excluding tert-OH is 1. The lowest BCUT2D eigenvalue weighted by atomic mass is 10.0. The minimum absolute atomic E-state index is 0.154. The summed E-state index contributed by atoms with van der Waals surface area (Å²) in [6.45, 7) is 4.40. The number of aliphatic carboxylic acids is 1. The quantitative estimate of drug-likeness (QED) is 0.209. The molecule has 0 aromatic rings. The van der Waals surface area contributed by atoms with Crippen LogP contribution >= 0.6 is 12.6 Å². The number of rotatable bonds is 10. The van der Waals surface area contributed by atoms with Crippen molar-refractivity contribution in [1.29, 1.82) is 0 Å². The van der Waals surface area contributed by atoms with Crippen molar-refractivity contribution >= 4 is 36.3 Å². The summed E-state index contributed by atoms with van der Waals surface area (Å²) in [6.07, 6.45) is -1.74. The van der Waals surface area contributed by atoms with Gasteiger partial charge in [-0.1, -0.05) is 0 Å². The summed E-state index contributed by atoms with van der Waals surface area (Å²) in [5.41, 5.74) is 10.8. The lowest BCUT2D eigenvalue weighted by Crippen LogP contribution is -2.59. The van der Waals surface area contributed by atoms with Gasteiger partial charge in [0.05, 0.1) is 12.1 Å². The van der Waals surface area contributed by atoms with E-state index in [2.05, 4.69) is 23.3 Å². The van der Waals surface area contributed by atoms with Crippen LogP contribution in [-0.4, -0.2) is 62.9 Å². The van der Waals surface area contributed by atoms with E-state index in [4.69, 9.17) is 16.6 Å². The number of carbonyl (C=O) groups excluding carboxylic acids is 3. The van der Waals surface area contributed by atoms with Gasteiger partial charge in [-0.3, -0.25) is 14.4 Å². The van der Waals surface area contributed by atoms with Crippen molar-refractivity contribution in [2.45, 2.75) is 62.6 Å². The van der Waals surface area contributed by atoms with Gasteiger partial charge >= 0.3 is 5.97 Å². The molecule has 0 fully saturated rings. The topological polar surface area (TPSA) is 185 Å². The minimum atomic E-state index is -1.57. The highest BCUT2D eigenvalue weighted by Crippen LogP contribution is 2.16. The maximum atomic E-state index is 12.3. The summed E-state index contributed by atoms with van der Waals surface area (Å²) in [5.74, 6) is -3.73. The van der Waals surface area contributed by atoms with Gasteiger partial charge < -0.3 is 32.3 Å². The number of carbonyl (C=O) groups is 4. The van der Waals surface area contributed by atoms with Gasteiger partial charge in [0, 0.05) is 11.2 Å². The second-order valence-corrected chi connectivity index (χ2v) is 7.42. The minimum Gasteiger partial charge on any atom is -0.480 e. The number of aliphatic hydroxyl groups is 1. The molecule has 0 aliphatic carbocycles. The van der Waals surface area contributed by atoms with E-state index in [-0.39, 0.29) is 12.8 Å². The van der Waals surface area contributed by atoms with Crippen LogP contribution in [0.15, 0.2) is 0 Å². The van der Waals surface area contributed by atoms with Crippen LogP contribution in [0.5, 0.6) is 0 Å². The first-order valence-electron chi connectivity index (χ1n) is 7.55. The number of hydrogen-bond donors (Lipinski definition) is 7. The van der Waals surface area contributed by atoms with Crippen LogP contribution in [0.25, 0.3) is 0 Å². The van der Waals surface area contributed by atoms with Crippen LogP contribution < -0.4 is 22.1 Å². The normalized spacial score (nSPS) is 16.2.